The predicted octanol–water partition coefficient (Wildman–Crippen LogP) is 2.84. The number of aromatic nitrogens is 1. The predicted molar refractivity (Wildman–Crippen MR) is 75.6 cm³/mol. The molecule has 104 valence electrons. The van der Waals surface area contributed by atoms with E-state index in [4.69, 9.17) is 4.52 Å². The van der Waals surface area contributed by atoms with Gasteiger partial charge in [-0.2, -0.15) is 0 Å². The summed E-state index contributed by atoms with van der Waals surface area (Å²) >= 11 is 0. The SMILES string of the molecule is Cc1cc(NC(=O)NCC2(c3ccccc3)CC2)no1. The molecule has 1 saturated carbocycles. The summed E-state index contributed by atoms with van der Waals surface area (Å²) < 4.78 is 4.90. The molecule has 5 heteroatoms. The number of carbonyl (C=O) groups is 1. The number of urea groups is 1. The number of nitrogens with zero attached hydrogens (tertiary/aromatic N) is 1. The first-order valence-electron chi connectivity index (χ1n) is 6.72. The Hall–Kier alpha value is -2.30. The zero-order chi connectivity index (χ0) is 14.0. The van der Waals surface area contributed by atoms with Gasteiger partial charge >= 0.3 is 6.03 Å². The largest absolute Gasteiger partial charge is 0.360 e. The van der Waals surface area contributed by atoms with Crippen molar-refractivity contribution in [2.75, 3.05) is 11.9 Å². The van der Waals surface area contributed by atoms with Gasteiger partial charge in [0, 0.05) is 18.0 Å². The summed E-state index contributed by atoms with van der Waals surface area (Å²) in [7, 11) is 0. The van der Waals surface area contributed by atoms with Gasteiger partial charge in [-0.1, -0.05) is 35.5 Å². The summed E-state index contributed by atoms with van der Waals surface area (Å²) in [5, 5.41) is 9.30. The van der Waals surface area contributed by atoms with Gasteiger partial charge in [-0.05, 0) is 25.3 Å². The lowest BCUT2D eigenvalue weighted by atomic mass is 9.96. The average molecular weight is 271 g/mol. The molecule has 1 aromatic heterocycles. The van der Waals surface area contributed by atoms with Gasteiger partial charge in [0.2, 0.25) is 0 Å². The lowest BCUT2D eigenvalue weighted by Gasteiger charge is -2.16. The summed E-state index contributed by atoms with van der Waals surface area (Å²) in [6.45, 7) is 2.42. The Kier molecular flexibility index (Phi) is 3.18. The molecule has 20 heavy (non-hydrogen) atoms. The van der Waals surface area contributed by atoms with Crippen LogP contribution in [-0.4, -0.2) is 17.7 Å². The van der Waals surface area contributed by atoms with E-state index in [-0.39, 0.29) is 11.4 Å². The molecule has 1 fully saturated rings. The average Bonchev–Trinajstić information content (AvgIpc) is 3.15. The number of aryl methyl sites for hydroxylation is 1. The van der Waals surface area contributed by atoms with Crippen LogP contribution in [0, 0.1) is 6.92 Å². The van der Waals surface area contributed by atoms with Crippen LogP contribution in [0.5, 0.6) is 0 Å². The number of hydrogen-bond acceptors (Lipinski definition) is 3. The molecule has 1 aliphatic rings. The Morgan fingerprint density at radius 3 is 2.70 bits per heavy atom. The van der Waals surface area contributed by atoms with E-state index >= 15 is 0 Å². The van der Waals surface area contributed by atoms with Crippen molar-refractivity contribution in [1.29, 1.82) is 0 Å². The van der Waals surface area contributed by atoms with E-state index in [1.54, 1.807) is 13.0 Å². The molecule has 1 heterocycles. The molecule has 0 bridgehead atoms. The van der Waals surface area contributed by atoms with Crippen LogP contribution < -0.4 is 10.6 Å². The van der Waals surface area contributed by atoms with Gasteiger partial charge in [-0.15, -0.1) is 0 Å². The van der Waals surface area contributed by atoms with Gasteiger partial charge in [0.1, 0.15) is 5.76 Å². The van der Waals surface area contributed by atoms with Crippen molar-refractivity contribution < 1.29 is 9.32 Å². The molecular formula is C15H17N3O2. The van der Waals surface area contributed by atoms with Gasteiger partial charge in [0.25, 0.3) is 0 Å². The van der Waals surface area contributed by atoms with E-state index in [0.717, 1.165) is 12.8 Å². The molecule has 5 nitrogen and oxygen atoms in total. The minimum atomic E-state index is -0.250. The van der Waals surface area contributed by atoms with Crippen LogP contribution in [0.3, 0.4) is 0 Å². The standard InChI is InChI=1S/C15H17N3O2/c1-11-9-13(18-20-11)17-14(19)16-10-15(7-8-15)12-5-3-2-4-6-12/h2-6,9H,7-8,10H2,1H3,(H2,16,17,18,19). The van der Waals surface area contributed by atoms with Gasteiger partial charge in [0.05, 0.1) is 0 Å². The summed E-state index contributed by atoms with van der Waals surface area (Å²) in [6.07, 6.45) is 2.22. The monoisotopic (exact) mass is 271 g/mol. The molecule has 0 unspecified atom stereocenters. The molecule has 0 saturated heterocycles. The van der Waals surface area contributed by atoms with Crippen molar-refractivity contribution in [3.63, 3.8) is 0 Å². The summed E-state index contributed by atoms with van der Waals surface area (Å²) in [5.41, 5.74) is 1.40. The maximum absolute atomic E-state index is 11.8. The van der Waals surface area contributed by atoms with Crippen molar-refractivity contribution in [1.82, 2.24) is 10.5 Å². The Labute approximate surface area is 117 Å². The lowest BCUT2D eigenvalue weighted by molar-refractivity contribution is 0.251. The second-order valence-corrected chi connectivity index (χ2v) is 5.28. The first-order chi connectivity index (χ1) is 9.68. The normalized spacial score (nSPS) is 15.7. The van der Waals surface area contributed by atoms with Gasteiger partial charge < -0.3 is 9.84 Å². The fourth-order valence-corrected chi connectivity index (χ4v) is 2.35. The molecule has 0 spiro atoms. The minimum Gasteiger partial charge on any atom is -0.360 e. The first-order valence-corrected chi connectivity index (χ1v) is 6.72. The van der Waals surface area contributed by atoms with Crippen LogP contribution in [0.1, 0.15) is 24.2 Å². The number of benzene rings is 1. The Bertz CT molecular complexity index is 603. The fourth-order valence-electron chi connectivity index (χ4n) is 2.35. The van der Waals surface area contributed by atoms with Gasteiger partial charge in [0.15, 0.2) is 5.82 Å². The maximum atomic E-state index is 11.8. The van der Waals surface area contributed by atoms with E-state index in [9.17, 15) is 4.79 Å². The lowest BCUT2D eigenvalue weighted by Crippen LogP contribution is -2.35. The maximum Gasteiger partial charge on any atom is 0.320 e. The highest BCUT2D eigenvalue weighted by Crippen LogP contribution is 2.47. The van der Waals surface area contributed by atoms with Crippen molar-refractivity contribution in [2.45, 2.75) is 25.2 Å². The molecule has 2 N–H and O–H groups in total. The molecule has 2 aromatic rings. The smallest absolute Gasteiger partial charge is 0.320 e. The second kappa shape index (κ2) is 5.00. The molecular weight excluding hydrogens is 254 g/mol. The number of carbonyl (C=O) groups excluding carboxylic acids is 1. The van der Waals surface area contributed by atoms with E-state index < -0.39 is 0 Å². The number of amides is 2. The van der Waals surface area contributed by atoms with Crippen LogP contribution in [0.2, 0.25) is 0 Å². The van der Waals surface area contributed by atoms with E-state index in [2.05, 4.69) is 27.9 Å². The summed E-state index contributed by atoms with van der Waals surface area (Å²) in [4.78, 5) is 11.8. The number of hydrogen-bond donors (Lipinski definition) is 2. The van der Waals surface area contributed by atoms with E-state index in [1.807, 2.05) is 18.2 Å². The highest BCUT2D eigenvalue weighted by molar-refractivity contribution is 5.88. The van der Waals surface area contributed by atoms with Crippen molar-refractivity contribution in [3.8, 4) is 0 Å². The molecule has 2 amide bonds. The van der Waals surface area contributed by atoms with Crippen LogP contribution in [0.25, 0.3) is 0 Å². The van der Waals surface area contributed by atoms with Crippen molar-refractivity contribution >= 4 is 11.8 Å². The number of anilines is 1. The Balaban J connectivity index is 1.56. The van der Waals surface area contributed by atoms with E-state index in [1.165, 1.54) is 5.56 Å². The Morgan fingerprint density at radius 1 is 1.35 bits per heavy atom. The van der Waals surface area contributed by atoms with Gasteiger partial charge in [-0.25, -0.2) is 4.79 Å². The van der Waals surface area contributed by atoms with Crippen LogP contribution in [-0.2, 0) is 5.41 Å². The molecule has 0 aliphatic heterocycles. The van der Waals surface area contributed by atoms with Crippen LogP contribution >= 0.6 is 0 Å². The topological polar surface area (TPSA) is 67.2 Å². The third-order valence-electron chi connectivity index (χ3n) is 3.70. The highest BCUT2D eigenvalue weighted by Gasteiger charge is 2.44. The molecule has 0 atom stereocenters. The van der Waals surface area contributed by atoms with E-state index in [0.29, 0.717) is 18.1 Å². The van der Waals surface area contributed by atoms with Crippen LogP contribution in [0.4, 0.5) is 10.6 Å². The molecule has 0 radical (unpaired) electrons. The molecule has 1 aromatic carbocycles. The molecule has 1 aliphatic carbocycles. The zero-order valence-corrected chi connectivity index (χ0v) is 11.3. The summed E-state index contributed by atoms with van der Waals surface area (Å²) in [6, 6.07) is 11.7. The first kappa shape index (κ1) is 12.7. The molecule has 3 rings (SSSR count). The third-order valence-corrected chi connectivity index (χ3v) is 3.70. The number of nitrogens with one attached hydrogen (secondary N) is 2. The van der Waals surface area contributed by atoms with Crippen LogP contribution in [0.15, 0.2) is 40.9 Å². The Morgan fingerprint density at radius 2 is 2.10 bits per heavy atom. The zero-order valence-electron chi connectivity index (χ0n) is 11.3. The third kappa shape index (κ3) is 2.66. The fraction of sp³-hybridized carbons (Fsp3) is 0.333. The van der Waals surface area contributed by atoms with Crippen molar-refractivity contribution in [3.05, 3.63) is 47.7 Å². The minimum absolute atomic E-state index is 0.109. The highest BCUT2D eigenvalue weighted by atomic mass is 16.5. The number of rotatable bonds is 4. The second-order valence-electron chi connectivity index (χ2n) is 5.28. The summed E-state index contributed by atoms with van der Waals surface area (Å²) in [5.74, 6) is 1.10. The van der Waals surface area contributed by atoms with Crippen molar-refractivity contribution in [2.24, 2.45) is 0 Å². The quantitative estimate of drug-likeness (QED) is 0.898. The van der Waals surface area contributed by atoms with Gasteiger partial charge in [-0.3, -0.25) is 5.32 Å².